The summed E-state index contributed by atoms with van der Waals surface area (Å²) in [5, 5.41) is 9.73. The van der Waals surface area contributed by atoms with Crippen LogP contribution in [0.15, 0.2) is 54.6 Å². The van der Waals surface area contributed by atoms with Crippen molar-refractivity contribution in [2.45, 2.75) is 45.1 Å². The molecule has 0 aromatic heterocycles. The zero-order valence-corrected chi connectivity index (χ0v) is 19.7. The normalized spacial score (nSPS) is 20.5. The Hall–Kier alpha value is -2.86. The van der Waals surface area contributed by atoms with Crippen molar-refractivity contribution in [2.75, 3.05) is 26.3 Å². The number of aliphatic carboxylic acids is 1. The van der Waals surface area contributed by atoms with E-state index < -0.39 is 11.9 Å². The average Bonchev–Trinajstić information content (AvgIpc) is 3.29. The van der Waals surface area contributed by atoms with Crippen molar-refractivity contribution in [3.8, 4) is 5.75 Å². The van der Waals surface area contributed by atoms with Gasteiger partial charge in [0.1, 0.15) is 12.4 Å². The maximum Gasteiger partial charge on any atom is 0.307 e. The van der Waals surface area contributed by atoms with E-state index in [4.69, 9.17) is 9.47 Å². The SMILES string of the molecule is O=C(O)C(CC(=O)N1CC2CCCCC2C1)Cc1ccc(OCCOCc2ccccc2)cc1. The zero-order valence-electron chi connectivity index (χ0n) is 19.7. The van der Waals surface area contributed by atoms with Gasteiger partial charge < -0.3 is 19.5 Å². The standard InChI is InChI=1S/C28H35NO5/c30-27(29-18-23-8-4-5-9-24(23)19-29)17-25(28(31)32)16-21-10-12-26(13-11-21)34-15-14-33-20-22-6-2-1-3-7-22/h1-3,6-7,10-13,23-25H,4-5,8-9,14-20H2,(H,31,32). The molecule has 0 bridgehead atoms. The van der Waals surface area contributed by atoms with E-state index in [-0.39, 0.29) is 12.3 Å². The number of carbonyl (C=O) groups is 2. The molecule has 2 aromatic carbocycles. The summed E-state index contributed by atoms with van der Waals surface area (Å²) in [6.45, 7) is 3.08. The molecule has 6 nitrogen and oxygen atoms in total. The van der Waals surface area contributed by atoms with Crippen LogP contribution in [0.5, 0.6) is 5.75 Å². The highest BCUT2D eigenvalue weighted by Crippen LogP contribution is 2.36. The number of likely N-dealkylation sites (tertiary alicyclic amines) is 1. The van der Waals surface area contributed by atoms with Crippen LogP contribution in [0.3, 0.4) is 0 Å². The van der Waals surface area contributed by atoms with E-state index in [0.29, 0.717) is 38.1 Å². The summed E-state index contributed by atoms with van der Waals surface area (Å²) in [6.07, 6.45) is 5.30. The third-order valence-electron chi connectivity index (χ3n) is 7.11. The second-order valence-electron chi connectivity index (χ2n) is 9.58. The summed E-state index contributed by atoms with van der Waals surface area (Å²) in [5.74, 6) is 0.288. The number of amides is 1. The first-order chi connectivity index (χ1) is 16.6. The van der Waals surface area contributed by atoms with Gasteiger partial charge in [0.2, 0.25) is 5.91 Å². The molecule has 1 saturated heterocycles. The summed E-state index contributed by atoms with van der Waals surface area (Å²) >= 11 is 0. The van der Waals surface area contributed by atoms with Crippen molar-refractivity contribution in [3.63, 3.8) is 0 Å². The number of benzene rings is 2. The molecule has 1 heterocycles. The minimum absolute atomic E-state index is 0.0164. The first-order valence-electron chi connectivity index (χ1n) is 12.4. The molecule has 34 heavy (non-hydrogen) atoms. The molecule has 2 fully saturated rings. The maximum absolute atomic E-state index is 12.8. The number of nitrogens with zero attached hydrogens (tertiary/aromatic N) is 1. The monoisotopic (exact) mass is 465 g/mol. The molecular weight excluding hydrogens is 430 g/mol. The first kappa shape index (κ1) is 24.3. The van der Waals surface area contributed by atoms with E-state index in [2.05, 4.69) is 0 Å². The summed E-state index contributed by atoms with van der Waals surface area (Å²) in [7, 11) is 0. The molecule has 6 heteroatoms. The molecule has 2 aromatic rings. The number of ether oxygens (including phenoxy) is 2. The second-order valence-corrected chi connectivity index (χ2v) is 9.58. The Bertz CT molecular complexity index is 916. The van der Waals surface area contributed by atoms with Crippen molar-refractivity contribution in [1.82, 2.24) is 4.90 Å². The Balaban J connectivity index is 1.20. The number of rotatable bonds is 11. The zero-order chi connectivity index (χ0) is 23.8. The van der Waals surface area contributed by atoms with Gasteiger partial charge in [-0.3, -0.25) is 9.59 Å². The van der Waals surface area contributed by atoms with Gasteiger partial charge in [-0.1, -0.05) is 55.3 Å². The second kappa shape index (κ2) is 12.0. The highest BCUT2D eigenvalue weighted by molar-refractivity contribution is 5.82. The van der Waals surface area contributed by atoms with Gasteiger partial charge in [-0.2, -0.15) is 0 Å². The van der Waals surface area contributed by atoms with E-state index in [1.807, 2.05) is 59.5 Å². The van der Waals surface area contributed by atoms with Crippen molar-refractivity contribution >= 4 is 11.9 Å². The molecule has 3 unspecified atom stereocenters. The van der Waals surface area contributed by atoms with E-state index in [0.717, 1.165) is 30.0 Å². The molecule has 1 saturated carbocycles. The number of carboxylic acids is 1. The van der Waals surface area contributed by atoms with Gasteiger partial charge in [-0.15, -0.1) is 0 Å². The van der Waals surface area contributed by atoms with E-state index in [1.165, 1.54) is 25.7 Å². The van der Waals surface area contributed by atoms with Gasteiger partial charge in [0.15, 0.2) is 0 Å². The van der Waals surface area contributed by atoms with Crippen molar-refractivity contribution in [1.29, 1.82) is 0 Å². The largest absolute Gasteiger partial charge is 0.491 e. The van der Waals surface area contributed by atoms with Crippen molar-refractivity contribution in [3.05, 3.63) is 65.7 Å². The van der Waals surface area contributed by atoms with Crippen LogP contribution in [0.2, 0.25) is 0 Å². The Kier molecular flexibility index (Phi) is 8.58. The Morgan fingerprint density at radius 3 is 2.24 bits per heavy atom. The smallest absolute Gasteiger partial charge is 0.307 e. The molecule has 0 spiro atoms. The molecule has 0 radical (unpaired) electrons. The number of carboxylic acid groups (broad SMARTS) is 1. The molecule has 4 rings (SSSR count). The van der Waals surface area contributed by atoms with Crippen molar-refractivity contribution < 1.29 is 24.2 Å². The van der Waals surface area contributed by atoms with Crippen LogP contribution in [-0.2, 0) is 27.4 Å². The van der Waals surface area contributed by atoms with Crippen LogP contribution in [0.25, 0.3) is 0 Å². The molecule has 1 N–H and O–H groups in total. The summed E-state index contributed by atoms with van der Waals surface area (Å²) in [6, 6.07) is 17.4. The van der Waals surface area contributed by atoms with Crippen LogP contribution < -0.4 is 4.74 Å². The minimum atomic E-state index is -0.916. The summed E-state index contributed by atoms with van der Waals surface area (Å²) in [5.41, 5.74) is 2.02. The predicted octanol–water partition coefficient (Wildman–Crippen LogP) is 4.56. The fourth-order valence-electron chi connectivity index (χ4n) is 5.19. The highest BCUT2D eigenvalue weighted by atomic mass is 16.5. The van der Waals surface area contributed by atoms with Gasteiger partial charge in [-0.05, 0) is 54.4 Å². The molecule has 1 aliphatic heterocycles. The first-order valence-corrected chi connectivity index (χ1v) is 12.4. The average molecular weight is 466 g/mol. The minimum Gasteiger partial charge on any atom is -0.491 e. The van der Waals surface area contributed by atoms with Crippen LogP contribution in [0, 0.1) is 17.8 Å². The fraction of sp³-hybridized carbons (Fsp3) is 0.500. The lowest BCUT2D eigenvalue weighted by Crippen LogP contribution is -2.33. The fourth-order valence-corrected chi connectivity index (χ4v) is 5.19. The van der Waals surface area contributed by atoms with Gasteiger partial charge in [-0.25, -0.2) is 0 Å². The maximum atomic E-state index is 12.8. The topological polar surface area (TPSA) is 76.1 Å². The van der Waals surface area contributed by atoms with Crippen LogP contribution in [0.4, 0.5) is 0 Å². The van der Waals surface area contributed by atoms with Crippen LogP contribution >= 0.6 is 0 Å². The Morgan fingerprint density at radius 1 is 0.912 bits per heavy atom. The van der Waals surface area contributed by atoms with Gasteiger partial charge in [0.25, 0.3) is 0 Å². The third-order valence-corrected chi connectivity index (χ3v) is 7.11. The van der Waals surface area contributed by atoms with E-state index >= 15 is 0 Å². The lowest BCUT2D eigenvalue weighted by molar-refractivity contribution is -0.145. The number of hydrogen-bond acceptors (Lipinski definition) is 4. The summed E-state index contributed by atoms with van der Waals surface area (Å²) in [4.78, 5) is 26.6. The van der Waals surface area contributed by atoms with Gasteiger partial charge >= 0.3 is 5.97 Å². The van der Waals surface area contributed by atoms with E-state index in [1.54, 1.807) is 0 Å². The number of fused-ring (bicyclic) bond motifs is 1. The molecule has 182 valence electrons. The predicted molar refractivity (Wildman–Crippen MR) is 130 cm³/mol. The Morgan fingerprint density at radius 2 is 1.59 bits per heavy atom. The lowest BCUT2D eigenvalue weighted by atomic mass is 9.82. The Labute approximate surface area is 201 Å². The molecule has 1 aliphatic carbocycles. The van der Waals surface area contributed by atoms with Crippen LogP contribution in [-0.4, -0.2) is 48.2 Å². The lowest BCUT2D eigenvalue weighted by Gasteiger charge is -2.22. The highest BCUT2D eigenvalue weighted by Gasteiger charge is 2.37. The third kappa shape index (κ3) is 6.83. The van der Waals surface area contributed by atoms with Crippen molar-refractivity contribution in [2.24, 2.45) is 17.8 Å². The molecule has 2 aliphatic rings. The van der Waals surface area contributed by atoms with E-state index in [9.17, 15) is 14.7 Å². The molecule has 3 atom stereocenters. The number of hydrogen-bond donors (Lipinski definition) is 1. The van der Waals surface area contributed by atoms with Gasteiger partial charge in [0, 0.05) is 19.5 Å². The quantitative estimate of drug-likeness (QED) is 0.492. The summed E-state index contributed by atoms with van der Waals surface area (Å²) < 4.78 is 11.4. The van der Waals surface area contributed by atoms with Gasteiger partial charge in [0.05, 0.1) is 19.1 Å². The molecule has 1 amide bonds. The number of carbonyl (C=O) groups excluding carboxylic acids is 1. The van der Waals surface area contributed by atoms with Crippen LogP contribution in [0.1, 0.15) is 43.2 Å². The molecular formula is C28H35NO5.